The Kier molecular flexibility index (Phi) is 6.23. The molecule has 26 heavy (non-hydrogen) atoms. The van der Waals surface area contributed by atoms with Crippen molar-refractivity contribution in [1.82, 2.24) is 4.90 Å². The van der Waals surface area contributed by atoms with Gasteiger partial charge in [-0.2, -0.15) is 0 Å². The summed E-state index contributed by atoms with van der Waals surface area (Å²) in [5, 5.41) is 0. The van der Waals surface area contributed by atoms with E-state index in [0.717, 1.165) is 51.1 Å². The molecule has 2 aliphatic rings. The summed E-state index contributed by atoms with van der Waals surface area (Å²) in [4.78, 5) is 14.9. The van der Waals surface area contributed by atoms with Gasteiger partial charge in [0.1, 0.15) is 5.75 Å². The average molecular weight is 360 g/mol. The Hall–Kier alpha value is -1.55. The van der Waals surface area contributed by atoms with Crippen LogP contribution in [-0.2, 0) is 22.4 Å². The lowest BCUT2D eigenvalue weighted by Crippen LogP contribution is -2.45. The molecule has 0 aromatic heterocycles. The van der Waals surface area contributed by atoms with Crippen LogP contribution in [0.15, 0.2) is 6.07 Å². The molecule has 1 saturated heterocycles. The molecule has 4 heteroatoms. The van der Waals surface area contributed by atoms with E-state index in [0.29, 0.717) is 25.0 Å². The van der Waals surface area contributed by atoms with Gasteiger partial charge in [0.2, 0.25) is 5.91 Å². The summed E-state index contributed by atoms with van der Waals surface area (Å²) in [6.45, 7) is 12.2. The van der Waals surface area contributed by atoms with Crippen molar-refractivity contribution >= 4 is 5.91 Å². The Bertz CT molecular complexity index is 649. The minimum absolute atomic E-state index is 0.0705. The molecule has 1 aromatic carbocycles. The smallest absolute Gasteiger partial charge is 0.225 e. The van der Waals surface area contributed by atoms with E-state index >= 15 is 0 Å². The highest BCUT2D eigenvalue weighted by Gasteiger charge is 2.32. The summed E-state index contributed by atoms with van der Waals surface area (Å²) in [5.74, 6) is 1.81. The van der Waals surface area contributed by atoms with Crippen LogP contribution in [-0.4, -0.2) is 43.7 Å². The van der Waals surface area contributed by atoms with E-state index in [-0.39, 0.29) is 5.92 Å². The van der Waals surface area contributed by atoms with Crippen LogP contribution in [0.1, 0.15) is 48.9 Å². The van der Waals surface area contributed by atoms with Crippen molar-refractivity contribution in [3.8, 4) is 5.75 Å². The third-order valence-electron chi connectivity index (χ3n) is 6.12. The normalized spacial score (nSPS) is 21.2. The van der Waals surface area contributed by atoms with Crippen molar-refractivity contribution in [1.29, 1.82) is 0 Å². The Morgan fingerprint density at radius 3 is 2.73 bits per heavy atom. The molecule has 0 bridgehead atoms. The van der Waals surface area contributed by atoms with E-state index in [2.05, 4.69) is 33.8 Å². The quantitative estimate of drug-likeness (QED) is 0.805. The Morgan fingerprint density at radius 2 is 2.04 bits per heavy atom. The van der Waals surface area contributed by atoms with Gasteiger partial charge in [-0.15, -0.1) is 0 Å². The second kappa shape index (κ2) is 8.43. The first kappa shape index (κ1) is 19.2. The number of fused-ring (bicyclic) bond motifs is 1. The molecule has 1 aliphatic heterocycles. The first-order valence-corrected chi connectivity index (χ1v) is 10.1. The van der Waals surface area contributed by atoms with Gasteiger partial charge in [-0.3, -0.25) is 4.79 Å². The molecule has 0 N–H and O–H groups in total. The number of morpholine rings is 1. The van der Waals surface area contributed by atoms with Gasteiger partial charge >= 0.3 is 0 Å². The summed E-state index contributed by atoms with van der Waals surface area (Å²) < 4.78 is 11.4. The zero-order valence-electron chi connectivity index (χ0n) is 16.8. The van der Waals surface area contributed by atoms with Crippen LogP contribution in [0.25, 0.3) is 0 Å². The molecular weight excluding hydrogens is 326 g/mol. The van der Waals surface area contributed by atoms with Crippen LogP contribution in [0.4, 0.5) is 0 Å². The summed E-state index contributed by atoms with van der Waals surface area (Å²) in [6.07, 6.45) is 4.17. The zero-order chi connectivity index (χ0) is 18.7. The largest absolute Gasteiger partial charge is 0.493 e. The lowest BCUT2D eigenvalue weighted by Gasteiger charge is -2.35. The summed E-state index contributed by atoms with van der Waals surface area (Å²) in [6, 6.07) is 2.20. The molecule has 1 unspecified atom stereocenters. The van der Waals surface area contributed by atoms with E-state index in [9.17, 15) is 4.79 Å². The summed E-state index contributed by atoms with van der Waals surface area (Å²) in [7, 11) is 0. The molecule has 0 spiro atoms. The number of hydrogen-bond donors (Lipinski definition) is 0. The monoisotopic (exact) mass is 359 g/mol. The van der Waals surface area contributed by atoms with Gasteiger partial charge in [0.15, 0.2) is 0 Å². The highest BCUT2D eigenvalue weighted by atomic mass is 16.5. The maximum Gasteiger partial charge on any atom is 0.225 e. The minimum Gasteiger partial charge on any atom is -0.493 e. The highest BCUT2D eigenvalue weighted by molar-refractivity contribution is 5.79. The van der Waals surface area contributed by atoms with Crippen LogP contribution in [0.3, 0.4) is 0 Å². The molecule has 0 saturated carbocycles. The number of rotatable bonds is 5. The van der Waals surface area contributed by atoms with Crippen LogP contribution in [0, 0.1) is 25.7 Å². The van der Waals surface area contributed by atoms with Crippen molar-refractivity contribution in [2.24, 2.45) is 11.8 Å². The van der Waals surface area contributed by atoms with Crippen molar-refractivity contribution in [3.63, 3.8) is 0 Å². The molecule has 1 aliphatic carbocycles. The number of ether oxygens (including phenoxy) is 2. The SMILES string of the molecule is CCCOc1cc(C)c2c(c1C)C[C@H](C(C)C(=O)N1CCOCC1)CC2. The number of aryl methyl sites for hydroxylation is 1. The van der Waals surface area contributed by atoms with Gasteiger partial charge in [0.25, 0.3) is 0 Å². The molecule has 1 amide bonds. The Labute approximate surface area is 157 Å². The van der Waals surface area contributed by atoms with Crippen molar-refractivity contribution < 1.29 is 14.3 Å². The van der Waals surface area contributed by atoms with Gasteiger partial charge < -0.3 is 14.4 Å². The standard InChI is InChI=1S/C22H33NO3/c1-5-10-26-21-13-15(2)19-7-6-18(14-20(19)17(21)4)16(3)22(24)23-8-11-25-12-9-23/h13,16,18H,5-12,14H2,1-4H3/t16?,18-/m1/s1. The van der Waals surface area contributed by atoms with Crippen LogP contribution in [0.5, 0.6) is 5.75 Å². The van der Waals surface area contributed by atoms with E-state index in [4.69, 9.17) is 9.47 Å². The van der Waals surface area contributed by atoms with E-state index in [1.54, 1.807) is 0 Å². The third-order valence-corrected chi connectivity index (χ3v) is 6.12. The Balaban J connectivity index is 1.77. The number of carbonyl (C=O) groups excluding carboxylic acids is 1. The average Bonchev–Trinajstić information content (AvgIpc) is 2.68. The van der Waals surface area contributed by atoms with Crippen molar-refractivity contribution in [3.05, 3.63) is 28.3 Å². The molecule has 1 aromatic rings. The second-order valence-corrected chi connectivity index (χ2v) is 7.85. The highest BCUT2D eigenvalue weighted by Crippen LogP contribution is 2.38. The fourth-order valence-corrected chi connectivity index (χ4v) is 4.39. The third kappa shape index (κ3) is 3.90. The molecule has 0 radical (unpaired) electrons. The number of nitrogens with zero attached hydrogens (tertiary/aromatic N) is 1. The van der Waals surface area contributed by atoms with Crippen LogP contribution >= 0.6 is 0 Å². The lowest BCUT2D eigenvalue weighted by molar-refractivity contribution is -0.141. The van der Waals surface area contributed by atoms with Gasteiger partial charge in [-0.05, 0) is 73.8 Å². The fourth-order valence-electron chi connectivity index (χ4n) is 4.39. The summed E-state index contributed by atoms with van der Waals surface area (Å²) >= 11 is 0. The van der Waals surface area contributed by atoms with E-state index < -0.39 is 0 Å². The predicted molar refractivity (Wildman–Crippen MR) is 104 cm³/mol. The van der Waals surface area contributed by atoms with Gasteiger partial charge in [0.05, 0.1) is 19.8 Å². The predicted octanol–water partition coefficient (Wildman–Crippen LogP) is 3.69. The number of benzene rings is 1. The van der Waals surface area contributed by atoms with E-state index in [1.807, 2.05) is 4.90 Å². The first-order valence-electron chi connectivity index (χ1n) is 10.1. The van der Waals surface area contributed by atoms with Gasteiger partial charge in [-0.1, -0.05) is 13.8 Å². The van der Waals surface area contributed by atoms with Crippen molar-refractivity contribution in [2.45, 2.75) is 53.4 Å². The van der Waals surface area contributed by atoms with Crippen LogP contribution in [0.2, 0.25) is 0 Å². The lowest BCUT2D eigenvalue weighted by atomic mass is 9.74. The fraction of sp³-hybridized carbons (Fsp3) is 0.682. The van der Waals surface area contributed by atoms with Gasteiger partial charge in [-0.25, -0.2) is 0 Å². The summed E-state index contributed by atoms with van der Waals surface area (Å²) in [5.41, 5.74) is 5.51. The van der Waals surface area contributed by atoms with E-state index in [1.165, 1.54) is 22.3 Å². The second-order valence-electron chi connectivity index (χ2n) is 7.85. The molecule has 2 atom stereocenters. The van der Waals surface area contributed by atoms with Crippen LogP contribution < -0.4 is 4.74 Å². The molecule has 4 nitrogen and oxygen atoms in total. The molecule has 3 rings (SSSR count). The topological polar surface area (TPSA) is 38.8 Å². The number of amides is 1. The Morgan fingerprint density at radius 1 is 1.31 bits per heavy atom. The zero-order valence-corrected chi connectivity index (χ0v) is 16.8. The molecular formula is C22H33NO3. The maximum absolute atomic E-state index is 12.9. The van der Waals surface area contributed by atoms with Gasteiger partial charge in [0, 0.05) is 19.0 Å². The number of hydrogen-bond acceptors (Lipinski definition) is 3. The molecule has 1 heterocycles. The maximum atomic E-state index is 12.9. The molecule has 144 valence electrons. The molecule has 1 fully saturated rings. The minimum atomic E-state index is 0.0705. The van der Waals surface area contributed by atoms with Crippen molar-refractivity contribution in [2.75, 3.05) is 32.9 Å². The number of carbonyl (C=O) groups is 1. The first-order chi connectivity index (χ1) is 12.5.